The maximum atomic E-state index is 12.3. The summed E-state index contributed by atoms with van der Waals surface area (Å²) in [5, 5.41) is 0. The van der Waals surface area contributed by atoms with Gasteiger partial charge in [-0.05, 0) is 25.1 Å². The molecule has 0 saturated carbocycles. The van der Waals surface area contributed by atoms with E-state index in [1.54, 1.807) is 13.0 Å². The van der Waals surface area contributed by atoms with Crippen molar-refractivity contribution in [1.82, 2.24) is 9.97 Å². The van der Waals surface area contributed by atoms with Crippen LogP contribution in [0.5, 0.6) is 5.75 Å². The predicted octanol–water partition coefficient (Wildman–Crippen LogP) is 2.93. The molecule has 0 unspecified atom stereocenters. The van der Waals surface area contributed by atoms with Crippen molar-refractivity contribution in [2.75, 3.05) is 5.73 Å². The summed E-state index contributed by atoms with van der Waals surface area (Å²) < 4.78 is 40.9. The summed E-state index contributed by atoms with van der Waals surface area (Å²) in [5.74, 6) is -0.329. The Morgan fingerprint density at radius 2 is 1.84 bits per heavy atom. The summed E-state index contributed by atoms with van der Waals surface area (Å²) in [5.41, 5.74) is 6.54. The highest BCUT2D eigenvalue weighted by Crippen LogP contribution is 2.32. The standard InChI is InChI=1S/C12H10F3N3O/c1-7-6-9(18-11(16)17-7)8-4-2-3-5-10(8)19-12(13,14)15/h2-6H,1H3,(H2,16,17,18). The van der Waals surface area contributed by atoms with Gasteiger partial charge in [-0.2, -0.15) is 0 Å². The van der Waals surface area contributed by atoms with E-state index in [1.807, 2.05) is 0 Å². The van der Waals surface area contributed by atoms with Crippen LogP contribution in [0.25, 0.3) is 11.3 Å². The molecule has 0 aliphatic rings. The highest BCUT2D eigenvalue weighted by molar-refractivity contribution is 5.68. The van der Waals surface area contributed by atoms with Gasteiger partial charge in [-0.25, -0.2) is 9.97 Å². The molecule has 1 aromatic carbocycles. The molecule has 0 aliphatic heterocycles. The van der Waals surface area contributed by atoms with Crippen molar-refractivity contribution in [3.63, 3.8) is 0 Å². The number of para-hydroxylation sites is 1. The largest absolute Gasteiger partial charge is 0.573 e. The Hall–Kier alpha value is -2.31. The van der Waals surface area contributed by atoms with Gasteiger partial charge in [0, 0.05) is 11.3 Å². The highest BCUT2D eigenvalue weighted by atomic mass is 19.4. The number of benzene rings is 1. The molecule has 1 aromatic heterocycles. The number of hydrogen-bond donors (Lipinski definition) is 1. The second-order valence-electron chi connectivity index (χ2n) is 3.80. The first-order valence-corrected chi connectivity index (χ1v) is 5.31. The first-order valence-electron chi connectivity index (χ1n) is 5.31. The molecule has 0 aliphatic carbocycles. The van der Waals surface area contributed by atoms with Gasteiger partial charge >= 0.3 is 6.36 Å². The van der Waals surface area contributed by atoms with Crippen LogP contribution in [0, 0.1) is 6.92 Å². The van der Waals surface area contributed by atoms with E-state index in [1.165, 1.54) is 24.3 Å². The average molecular weight is 269 g/mol. The number of rotatable bonds is 2. The molecule has 0 amide bonds. The van der Waals surface area contributed by atoms with Crippen LogP contribution >= 0.6 is 0 Å². The molecule has 2 N–H and O–H groups in total. The fraction of sp³-hybridized carbons (Fsp3) is 0.167. The van der Waals surface area contributed by atoms with Crippen LogP contribution in [0.4, 0.5) is 19.1 Å². The molecule has 100 valence electrons. The zero-order chi connectivity index (χ0) is 14.0. The summed E-state index contributed by atoms with van der Waals surface area (Å²) in [6.45, 7) is 1.68. The van der Waals surface area contributed by atoms with Crippen molar-refractivity contribution in [3.05, 3.63) is 36.0 Å². The van der Waals surface area contributed by atoms with Gasteiger partial charge in [0.15, 0.2) is 0 Å². The number of nitrogen functional groups attached to an aromatic ring is 1. The number of hydrogen-bond acceptors (Lipinski definition) is 4. The quantitative estimate of drug-likeness (QED) is 0.910. The first-order chi connectivity index (χ1) is 8.85. The number of halogens is 3. The topological polar surface area (TPSA) is 61.0 Å². The van der Waals surface area contributed by atoms with E-state index < -0.39 is 6.36 Å². The third-order valence-electron chi connectivity index (χ3n) is 2.26. The molecular formula is C12H10F3N3O. The van der Waals surface area contributed by atoms with Gasteiger partial charge in [0.05, 0.1) is 5.69 Å². The second-order valence-corrected chi connectivity index (χ2v) is 3.80. The van der Waals surface area contributed by atoms with Gasteiger partial charge in [0.2, 0.25) is 5.95 Å². The molecule has 2 rings (SSSR count). The van der Waals surface area contributed by atoms with E-state index in [9.17, 15) is 13.2 Å². The highest BCUT2D eigenvalue weighted by Gasteiger charge is 2.32. The number of aromatic nitrogens is 2. The van der Waals surface area contributed by atoms with E-state index in [-0.39, 0.29) is 23.0 Å². The summed E-state index contributed by atoms with van der Waals surface area (Å²) in [7, 11) is 0. The van der Waals surface area contributed by atoms with Crippen LogP contribution in [0.3, 0.4) is 0 Å². The lowest BCUT2D eigenvalue weighted by Crippen LogP contribution is -2.17. The fourth-order valence-electron chi connectivity index (χ4n) is 1.62. The number of aryl methyl sites for hydroxylation is 1. The van der Waals surface area contributed by atoms with Crippen LogP contribution < -0.4 is 10.5 Å². The van der Waals surface area contributed by atoms with Crippen molar-refractivity contribution < 1.29 is 17.9 Å². The van der Waals surface area contributed by atoms with E-state index in [2.05, 4.69) is 14.7 Å². The molecule has 0 saturated heterocycles. The number of anilines is 1. The molecule has 0 bridgehead atoms. The SMILES string of the molecule is Cc1cc(-c2ccccc2OC(F)(F)F)nc(N)n1. The Morgan fingerprint density at radius 1 is 1.16 bits per heavy atom. The summed E-state index contributed by atoms with van der Waals surface area (Å²) in [4.78, 5) is 7.78. The van der Waals surface area contributed by atoms with E-state index in [0.717, 1.165) is 0 Å². The van der Waals surface area contributed by atoms with Crippen LogP contribution in [0.15, 0.2) is 30.3 Å². The van der Waals surface area contributed by atoms with Crippen LogP contribution in [0.1, 0.15) is 5.69 Å². The minimum absolute atomic E-state index is 0.00295. The fourth-order valence-corrected chi connectivity index (χ4v) is 1.62. The molecular weight excluding hydrogens is 259 g/mol. The molecule has 7 heteroatoms. The summed E-state index contributed by atoms with van der Waals surface area (Å²) in [6.07, 6.45) is -4.76. The number of alkyl halides is 3. The first kappa shape index (κ1) is 13.1. The van der Waals surface area contributed by atoms with Gasteiger partial charge in [0.25, 0.3) is 0 Å². The van der Waals surface area contributed by atoms with Crippen molar-refractivity contribution >= 4 is 5.95 Å². The Bertz CT molecular complexity index is 579. The Morgan fingerprint density at radius 3 is 2.47 bits per heavy atom. The average Bonchev–Trinajstić information content (AvgIpc) is 2.26. The monoisotopic (exact) mass is 269 g/mol. The zero-order valence-electron chi connectivity index (χ0n) is 9.90. The van der Waals surface area contributed by atoms with Gasteiger partial charge in [-0.3, -0.25) is 0 Å². The van der Waals surface area contributed by atoms with Crippen molar-refractivity contribution in [1.29, 1.82) is 0 Å². The minimum Gasteiger partial charge on any atom is -0.405 e. The third-order valence-corrected chi connectivity index (χ3v) is 2.26. The van der Waals surface area contributed by atoms with Crippen LogP contribution in [-0.2, 0) is 0 Å². The Balaban J connectivity index is 2.50. The number of nitrogens with two attached hydrogens (primary N) is 1. The smallest absolute Gasteiger partial charge is 0.405 e. The van der Waals surface area contributed by atoms with Crippen LogP contribution in [0.2, 0.25) is 0 Å². The molecule has 0 atom stereocenters. The molecule has 0 fully saturated rings. The van der Waals surface area contributed by atoms with Gasteiger partial charge in [-0.15, -0.1) is 13.2 Å². The lowest BCUT2D eigenvalue weighted by atomic mass is 10.1. The van der Waals surface area contributed by atoms with Crippen molar-refractivity contribution in [2.24, 2.45) is 0 Å². The predicted molar refractivity (Wildman–Crippen MR) is 63.3 cm³/mol. The number of ether oxygens (including phenoxy) is 1. The zero-order valence-corrected chi connectivity index (χ0v) is 9.90. The summed E-state index contributed by atoms with van der Waals surface area (Å²) >= 11 is 0. The molecule has 2 aromatic rings. The van der Waals surface area contributed by atoms with Crippen molar-refractivity contribution in [2.45, 2.75) is 13.3 Å². The molecule has 4 nitrogen and oxygen atoms in total. The van der Waals surface area contributed by atoms with Crippen molar-refractivity contribution in [3.8, 4) is 17.0 Å². The molecule has 19 heavy (non-hydrogen) atoms. The molecule has 0 spiro atoms. The second kappa shape index (κ2) is 4.75. The maximum absolute atomic E-state index is 12.3. The molecule has 0 radical (unpaired) electrons. The summed E-state index contributed by atoms with van der Waals surface area (Å²) in [6, 6.07) is 7.27. The number of nitrogens with zero attached hydrogens (tertiary/aromatic N) is 2. The normalized spacial score (nSPS) is 11.4. The van der Waals surface area contributed by atoms with E-state index >= 15 is 0 Å². The lowest BCUT2D eigenvalue weighted by molar-refractivity contribution is -0.274. The lowest BCUT2D eigenvalue weighted by Gasteiger charge is -2.13. The van der Waals surface area contributed by atoms with Crippen LogP contribution in [-0.4, -0.2) is 16.3 Å². The van der Waals surface area contributed by atoms with Gasteiger partial charge < -0.3 is 10.5 Å². The molecule has 1 heterocycles. The maximum Gasteiger partial charge on any atom is 0.573 e. The van der Waals surface area contributed by atoms with E-state index in [4.69, 9.17) is 5.73 Å². The van der Waals surface area contributed by atoms with Gasteiger partial charge in [-0.1, -0.05) is 12.1 Å². The Labute approximate surface area is 107 Å². The van der Waals surface area contributed by atoms with Gasteiger partial charge in [0.1, 0.15) is 5.75 Å². The minimum atomic E-state index is -4.76. The van der Waals surface area contributed by atoms with E-state index in [0.29, 0.717) is 5.69 Å². The Kier molecular flexibility index (Phi) is 3.28. The third kappa shape index (κ3) is 3.34.